The Hall–Kier alpha value is -1.79. The first-order valence-electron chi connectivity index (χ1n) is 7.37. The molecule has 0 saturated carbocycles. The minimum absolute atomic E-state index is 0.318. The Labute approximate surface area is 127 Å². The van der Waals surface area contributed by atoms with Gasteiger partial charge in [-0.15, -0.1) is 0 Å². The van der Waals surface area contributed by atoms with E-state index < -0.39 is 11.6 Å². The molecule has 1 aliphatic heterocycles. The van der Waals surface area contributed by atoms with Crippen LogP contribution in [0.1, 0.15) is 23.4 Å². The summed E-state index contributed by atoms with van der Waals surface area (Å²) in [6.45, 7) is 3.14. The van der Waals surface area contributed by atoms with Crippen LogP contribution in [0, 0.1) is 17.6 Å². The van der Waals surface area contributed by atoms with Crippen LogP contribution in [0.4, 0.5) is 8.78 Å². The maximum atomic E-state index is 13.1. The van der Waals surface area contributed by atoms with Crippen LogP contribution in [0.3, 0.4) is 0 Å². The molecular weight excluding hydrogens is 290 g/mol. The molecule has 0 radical (unpaired) electrons. The Morgan fingerprint density at radius 1 is 1.18 bits per heavy atom. The van der Waals surface area contributed by atoms with E-state index in [0.29, 0.717) is 30.2 Å². The normalized spacial score (nSPS) is 18.0. The Balaban J connectivity index is 1.52. The molecule has 0 amide bonds. The van der Waals surface area contributed by atoms with Crippen LogP contribution in [0.15, 0.2) is 28.8 Å². The van der Waals surface area contributed by atoms with Crippen LogP contribution < -0.4 is 5.32 Å². The van der Waals surface area contributed by atoms with Crippen molar-refractivity contribution in [1.82, 2.24) is 10.5 Å². The number of rotatable bonds is 6. The maximum absolute atomic E-state index is 13.1. The zero-order chi connectivity index (χ0) is 15.4. The van der Waals surface area contributed by atoms with E-state index in [1.807, 2.05) is 0 Å². The number of hydrogen-bond acceptors (Lipinski definition) is 4. The van der Waals surface area contributed by atoms with Crippen molar-refractivity contribution in [3.05, 3.63) is 52.9 Å². The summed E-state index contributed by atoms with van der Waals surface area (Å²) in [5.74, 6) is -0.0296. The fourth-order valence-electron chi connectivity index (χ4n) is 2.59. The molecule has 2 heterocycles. The van der Waals surface area contributed by atoms with Gasteiger partial charge in [0.2, 0.25) is 0 Å². The number of nitrogens with one attached hydrogen (secondary N) is 1. The Morgan fingerprint density at radius 3 is 2.73 bits per heavy atom. The second kappa shape index (κ2) is 6.98. The second-order valence-electron chi connectivity index (χ2n) is 5.60. The van der Waals surface area contributed by atoms with Crippen LogP contribution in [-0.2, 0) is 17.7 Å². The molecule has 1 atom stereocenters. The third-order valence-corrected chi connectivity index (χ3v) is 3.67. The van der Waals surface area contributed by atoms with Crippen molar-refractivity contribution < 1.29 is 18.0 Å². The van der Waals surface area contributed by atoms with E-state index in [-0.39, 0.29) is 0 Å². The summed E-state index contributed by atoms with van der Waals surface area (Å²) < 4.78 is 36.8. The highest BCUT2D eigenvalue weighted by Gasteiger charge is 2.15. The third kappa shape index (κ3) is 4.11. The Morgan fingerprint density at radius 2 is 2.00 bits per heavy atom. The van der Waals surface area contributed by atoms with Crippen molar-refractivity contribution in [3.63, 3.8) is 0 Å². The van der Waals surface area contributed by atoms with E-state index >= 15 is 0 Å². The van der Waals surface area contributed by atoms with Crippen LogP contribution in [0.2, 0.25) is 0 Å². The molecule has 0 aliphatic carbocycles. The summed E-state index contributed by atoms with van der Waals surface area (Å²) in [4.78, 5) is 0. The van der Waals surface area contributed by atoms with Gasteiger partial charge in [0.15, 0.2) is 0 Å². The van der Waals surface area contributed by atoms with Gasteiger partial charge in [-0.2, -0.15) is 0 Å². The van der Waals surface area contributed by atoms with Crippen LogP contribution in [0.25, 0.3) is 0 Å². The number of hydrogen-bond donors (Lipinski definition) is 1. The van der Waals surface area contributed by atoms with Gasteiger partial charge in [-0.05, 0) is 30.0 Å². The van der Waals surface area contributed by atoms with Gasteiger partial charge in [0, 0.05) is 38.2 Å². The van der Waals surface area contributed by atoms with Crippen LogP contribution in [0.5, 0.6) is 0 Å². The first kappa shape index (κ1) is 15.1. The average molecular weight is 308 g/mol. The fourth-order valence-corrected chi connectivity index (χ4v) is 2.59. The average Bonchev–Trinajstić information content (AvgIpc) is 3.10. The zero-order valence-corrected chi connectivity index (χ0v) is 12.1. The molecule has 1 N–H and O–H groups in total. The predicted octanol–water partition coefficient (Wildman–Crippen LogP) is 2.67. The van der Waals surface area contributed by atoms with E-state index in [4.69, 9.17) is 9.26 Å². The van der Waals surface area contributed by atoms with Gasteiger partial charge in [-0.3, -0.25) is 0 Å². The second-order valence-corrected chi connectivity index (χ2v) is 5.60. The topological polar surface area (TPSA) is 47.3 Å². The van der Waals surface area contributed by atoms with Crippen molar-refractivity contribution in [2.45, 2.75) is 19.4 Å². The number of halogens is 2. The summed E-state index contributed by atoms with van der Waals surface area (Å²) >= 11 is 0. The molecule has 6 heteroatoms. The van der Waals surface area contributed by atoms with E-state index in [0.717, 1.165) is 37.9 Å². The lowest BCUT2D eigenvalue weighted by Gasteiger charge is -2.07. The molecule has 22 heavy (non-hydrogen) atoms. The number of ether oxygens (including phenoxy) is 1. The highest BCUT2D eigenvalue weighted by Crippen LogP contribution is 2.15. The van der Waals surface area contributed by atoms with Gasteiger partial charge in [0.25, 0.3) is 0 Å². The lowest BCUT2D eigenvalue weighted by atomic mass is 10.1. The molecule has 1 saturated heterocycles. The first-order chi connectivity index (χ1) is 10.7. The summed E-state index contributed by atoms with van der Waals surface area (Å²) in [6, 6.07) is 5.25. The summed E-state index contributed by atoms with van der Waals surface area (Å²) in [5.41, 5.74) is 1.31. The number of aromatic nitrogens is 1. The first-order valence-corrected chi connectivity index (χ1v) is 7.37. The van der Waals surface area contributed by atoms with Crippen molar-refractivity contribution in [3.8, 4) is 0 Å². The Kier molecular flexibility index (Phi) is 4.80. The zero-order valence-electron chi connectivity index (χ0n) is 12.1. The molecule has 1 aliphatic rings. The molecule has 3 rings (SSSR count). The van der Waals surface area contributed by atoms with Gasteiger partial charge < -0.3 is 14.6 Å². The van der Waals surface area contributed by atoms with Crippen molar-refractivity contribution in [2.24, 2.45) is 5.92 Å². The lowest BCUT2D eigenvalue weighted by molar-refractivity contribution is 0.185. The van der Waals surface area contributed by atoms with Crippen LogP contribution in [-0.4, -0.2) is 24.9 Å². The smallest absolute Gasteiger partial charge is 0.141 e. The minimum atomic E-state index is -0.588. The van der Waals surface area contributed by atoms with Gasteiger partial charge in [0.05, 0.1) is 12.3 Å². The summed E-state index contributed by atoms with van der Waals surface area (Å²) in [6.07, 6.45) is 1.40. The summed E-state index contributed by atoms with van der Waals surface area (Å²) in [5, 5.41) is 7.28. The molecular formula is C16H18F2N2O2. The molecule has 1 fully saturated rings. The highest BCUT2D eigenvalue weighted by molar-refractivity contribution is 5.23. The molecule has 1 unspecified atom stereocenters. The molecule has 0 bridgehead atoms. The van der Waals surface area contributed by atoms with Crippen LogP contribution >= 0.6 is 0 Å². The van der Waals surface area contributed by atoms with E-state index in [2.05, 4.69) is 10.5 Å². The lowest BCUT2D eigenvalue weighted by Crippen LogP contribution is -2.22. The van der Waals surface area contributed by atoms with Gasteiger partial charge in [-0.25, -0.2) is 8.78 Å². The fraction of sp³-hybridized carbons (Fsp3) is 0.438. The third-order valence-electron chi connectivity index (χ3n) is 3.67. The van der Waals surface area contributed by atoms with Crippen molar-refractivity contribution in [2.75, 3.05) is 19.8 Å². The molecule has 1 aromatic carbocycles. The standard InChI is InChI=1S/C16H18F2N2O2/c17-13-3-12(4-14(18)6-13)5-16-7-15(20-22-16)9-19-8-11-1-2-21-10-11/h3-4,6-7,11,19H,1-2,5,8-10H2. The molecule has 4 nitrogen and oxygen atoms in total. The highest BCUT2D eigenvalue weighted by atomic mass is 19.1. The molecule has 118 valence electrons. The quantitative estimate of drug-likeness (QED) is 0.891. The predicted molar refractivity (Wildman–Crippen MR) is 76.3 cm³/mol. The molecule has 0 spiro atoms. The molecule has 1 aromatic heterocycles. The SMILES string of the molecule is Fc1cc(F)cc(Cc2cc(CNCC3CCOC3)no2)c1. The monoisotopic (exact) mass is 308 g/mol. The van der Waals surface area contributed by atoms with E-state index in [1.54, 1.807) is 6.07 Å². The van der Waals surface area contributed by atoms with E-state index in [1.165, 1.54) is 12.1 Å². The molecule has 2 aromatic rings. The maximum Gasteiger partial charge on any atom is 0.141 e. The van der Waals surface area contributed by atoms with Crippen molar-refractivity contribution in [1.29, 1.82) is 0 Å². The largest absolute Gasteiger partial charge is 0.381 e. The van der Waals surface area contributed by atoms with Crippen molar-refractivity contribution >= 4 is 0 Å². The Bertz CT molecular complexity index is 604. The number of nitrogens with zero attached hydrogens (tertiary/aromatic N) is 1. The summed E-state index contributed by atoms with van der Waals surface area (Å²) in [7, 11) is 0. The minimum Gasteiger partial charge on any atom is -0.381 e. The van der Waals surface area contributed by atoms with Gasteiger partial charge >= 0.3 is 0 Å². The van der Waals surface area contributed by atoms with Gasteiger partial charge in [0.1, 0.15) is 17.4 Å². The number of benzene rings is 1. The van der Waals surface area contributed by atoms with E-state index in [9.17, 15) is 8.78 Å². The van der Waals surface area contributed by atoms with Gasteiger partial charge in [-0.1, -0.05) is 5.16 Å².